The molecular weight excluding hydrogens is 218 g/mol. The molecule has 17 heavy (non-hydrogen) atoms. The van der Waals surface area contributed by atoms with Gasteiger partial charge in [0, 0.05) is 18.4 Å². The minimum absolute atomic E-state index is 0.523. The normalized spacial score (nSPS) is 24.7. The van der Waals surface area contributed by atoms with E-state index in [0.717, 1.165) is 18.5 Å². The number of anilines is 1. The molecule has 0 radical (unpaired) electrons. The molecule has 0 amide bonds. The first-order valence-electron chi connectivity index (χ1n) is 5.85. The van der Waals surface area contributed by atoms with Gasteiger partial charge in [0.05, 0.1) is 0 Å². The summed E-state index contributed by atoms with van der Waals surface area (Å²) < 4.78 is 0. The molecule has 1 aliphatic rings. The Labute approximate surface area is 100 Å². The average molecular weight is 235 g/mol. The van der Waals surface area contributed by atoms with E-state index in [2.05, 4.69) is 9.97 Å². The number of nitrogens with zero attached hydrogens (tertiary/aromatic N) is 3. The van der Waals surface area contributed by atoms with Crippen molar-refractivity contribution in [2.75, 3.05) is 11.4 Å². The third kappa shape index (κ3) is 2.09. The molecule has 2 rings (SSSR count). The average Bonchev–Trinajstić information content (AvgIpc) is 2.29. The Balaban J connectivity index is 2.37. The first-order chi connectivity index (χ1) is 8.04. The summed E-state index contributed by atoms with van der Waals surface area (Å²) in [6.45, 7) is 4.33. The van der Waals surface area contributed by atoms with Crippen molar-refractivity contribution in [1.82, 2.24) is 9.97 Å². The summed E-state index contributed by atoms with van der Waals surface area (Å²) in [6, 6.07) is 1.81. The first-order valence-corrected chi connectivity index (χ1v) is 5.85. The van der Waals surface area contributed by atoms with Crippen molar-refractivity contribution in [3.8, 4) is 0 Å². The van der Waals surface area contributed by atoms with Crippen molar-refractivity contribution >= 4 is 11.9 Å². The number of carbonyl (C=O) groups is 1. The molecule has 1 saturated heterocycles. The van der Waals surface area contributed by atoms with Gasteiger partial charge in [-0.1, -0.05) is 0 Å². The van der Waals surface area contributed by atoms with E-state index in [-0.39, 0.29) is 0 Å². The molecule has 2 heterocycles. The highest BCUT2D eigenvalue weighted by atomic mass is 16.4. The van der Waals surface area contributed by atoms with Gasteiger partial charge < -0.3 is 10.0 Å². The zero-order chi connectivity index (χ0) is 12.5. The van der Waals surface area contributed by atoms with Crippen LogP contribution in [-0.2, 0) is 4.79 Å². The lowest BCUT2D eigenvalue weighted by atomic mass is 9.89. The monoisotopic (exact) mass is 235 g/mol. The molecule has 0 aliphatic carbocycles. The van der Waals surface area contributed by atoms with Gasteiger partial charge in [0.15, 0.2) is 0 Å². The zero-order valence-electron chi connectivity index (χ0n) is 10.2. The van der Waals surface area contributed by atoms with Crippen molar-refractivity contribution < 1.29 is 9.90 Å². The van der Waals surface area contributed by atoms with Crippen LogP contribution in [0.1, 0.15) is 31.9 Å². The molecule has 0 bridgehead atoms. The largest absolute Gasteiger partial charge is 0.480 e. The molecule has 0 spiro atoms. The van der Waals surface area contributed by atoms with Gasteiger partial charge >= 0.3 is 5.97 Å². The van der Waals surface area contributed by atoms with Crippen LogP contribution in [0.25, 0.3) is 0 Å². The number of aryl methyl sites for hydroxylation is 1. The number of carboxylic acids is 1. The van der Waals surface area contributed by atoms with Crippen LogP contribution >= 0.6 is 0 Å². The quantitative estimate of drug-likeness (QED) is 0.843. The lowest BCUT2D eigenvalue weighted by molar-refractivity contribution is -0.143. The highest BCUT2D eigenvalue weighted by Crippen LogP contribution is 2.31. The van der Waals surface area contributed by atoms with E-state index in [9.17, 15) is 9.90 Å². The van der Waals surface area contributed by atoms with Crippen molar-refractivity contribution in [3.63, 3.8) is 0 Å². The summed E-state index contributed by atoms with van der Waals surface area (Å²) in [5.74, 6) is -0.281. The Hall–Kier alpha value is -1.65. The van der Waals surface area contributed by atoms with Crippen molar-refractivity contribution in [2.24, 2.45) is 0 Å². The van der Waals surface area contributed by atoms with Crippen molar-refractivity contribution in [2.45, 2.75) is 38.6 Å². The summed E-state index contributed by atoms with van der Waals surface area (Å²) in [4.78, 5) is 21.8. The highest BCUT2D eigenvalue weighted by molar-refractivity contribution is 5.82. The fraction of sp³-hybridized carbons (Fsp3) is 0.583. The maximum absolute atomic E-state index is 11.4. The number of piperidine rings is 1. The lowest BCUT2D eigenvalue weighted by Crippen LogP contribution is -2.56. The van der Waals surface area contributed by atoms with Gasteiger partial charge in [-0.3, -0.25) is 0 Å². The van der Waals surface area contributed by atoms with Gasteiger partial charge in [-0.05, 0) is 39.2 Å². The molecule has 0 aromatic carbocycles. The summed E-state index contributed by atoms with van der Waals surface area (Å²) in [7, 11) is 0. The van der Waals surface area contributed by atoms with Gasteiger partial charge in [-0.25, -0.2) is 14.8 Å². The second kappa shape index (κ2) is 4.31. The molecule has 0 saturated carbocycles. The Morgan fingerprint density at radius 1 is 1.53 bits per heavy atom. The number of hydrogen-bond donors (Lipinski definition) is 1. The molecule has 5 nitrogen and oxygen atoms in total. The van der Waals surface area contributed by atoms with Crippen LogP contribution in [0.4, 0.5) is 5.95 Å². The highest BCUT2D eigenvalue weighted by Gasteiger charge is 2.42. The Morgan fingerprint density at radius 2 is 2.29 bits per heavy atom. The van der Waals surface area contributed by atoms with Crippen LogP contribution in [0.5, 0.6) is 0 Å². The van der Waals surface area contributed by atoms with E-state index in [1.165, 1.54) is 0 Å². The van der Waals surface area contributed by atoms with Crippen LogP contribution < -0.4 is 4.90 Å². The van der Waals surface area contributed by atoms with Crippen LogP contribution in [0.15, 0.2) is 12.3 Å². The van der Waals surface area contributed by atoms with Gasteiger partial charge in [-0.2, -0.15) is 0 Å². The van der Waals surface area contributed by atoms with Crippen LogP contribution in [0, 0.1) is 6.92 Å². The van der Waals surface area contributed by atoms with Crippen molar-refractivity contribution in [3.05, 3.63) is 18.0 Å². The van der Waals surface area contributed by atoms with Crippen molar-refractivity contribution in [1.29, 1.82) is 0 Å². The number of aliphatic carboxylic acids is 1. The minimum Gasteiger partial charge on any atom is -0.480 e. The molecule has 1 N–H and O–H groups in total. The molecule has 1 aromatic rings. The third-order valence-corrected chi connectivity index (χ3v) is 3.38. The van der Waals surface area contributed by atoms with Gasteiger partial charge in [-0.15, -0.1) is 0 Å². The van der Waals surface area contributed by atoms with Crippen LogP contribution in [0.2, 0.25) is 0 Å². The number of hydrogen-bond acceptors (Lipinski definition) is 4. The van der Waals surface area contributed by atoms with Gasteiger partial charge in [0.2, 0.25) is 5.95 Å². The molecule has 92 valence electrons. The second-order valence-corrected chi connectivity index (χ2v) is 4.69. The van der Waals surface area contributed by atoms with E-state index >= 15 is 0 Å². The number of rotatable bonds is 2. The molecule has 1 fully saturated rings. The predicted octanol–water partition coefficient (Wildman–Crippen LogP) is 1.62. The zero-order valence-corrected chi connectivity index (χ0v) is 10.2. The van der Waals surface area contributed by atoms with Crippen LogP contribution in [-0.4, -0.2) is 33.1 Å². The Morgan fingerprint density at radius 3 is 2.94 bits per heavy atom. The summed E-state index contributed by atoms with van der Waals surface area (Å²) in [5, 5.41) is 9.40. The molecule has 1 atom stereocenters. The third-order valence-electron chi connectivity index (χ3n) is 3.38. The molecule has 1 aromatic heterocycles. The fourth-order valence-electron chi connectivity index (χ4n) is 2.23. The lowest BCUT2D eigenvalue weighted by Gasteiger charge is -2.41. The topological polar surface area (TPSA) is 66.3 Å². The summed E-state index contributed by atoms with van der Waals surface area (Å²) in [5.41, 5.74) is -0.0280. The molecule has 1 aliphatic heterocycles. The van der Waals surface area contributed by atoms with E-state index < -0.39 is 11.5 Å². The standard InChI is InChI=1S/C12H17N3O2/c1-9-5-7-13-11(14-9)15-8-4-3-6-12(15,2)10(16)17/h5,7H,3-4,6,8H2,1-2H3,(H,16,17). The smallest absolute Gasteiger partial charge is 0.329 e. The van der Waals surface area contributed by atoms with Crippen LogP contribution in [0.3, 0.4) is 0 Å². The number of carboxylic acid groups (broad SMARTS) is 1. The fourth-order valence-corrected chi connectivity index (χ4v) is 2.23. The molecular formula is C12H17N3O2. The maximum Gasteiger partial charge on any atom is 0.329 e. The second-order valence-electron chi connectivity index (χ2n) is 4.69. The predicted molar refractivity (Wildman–Crippen MR) is 64.0 cm³/mol. The first kappa shape index (κ1) is 11.8. The van der Waals surface area contributed by atoms with E-state index in [1.54, 1.807) is 13.1 Å². The van der Waals surface area contributed by atoms with E-state index in [0.29, 0.717) is 18.9 Å². The summed E-state index contributed by atoms with van der Waals surface area (Å²) in [6.07, 6.45) is 4.24. The molecule has 1 unspecified atom stereocenters. The Kier molecular flexibility index (Phi) is 3.00. The molecule has 5 heteroatoms. The van der Waals surface area contributed by atoms with Gasteiger partial charge in [0.1, 0.15) is 5.54 Å². The maximum atomic E-state index is 11.4. The van der Waals surface area contributed by atoms with Gasteiger partial charge in [0.25, 0.3) is 0 Å². The SMILES string of the molecule is Cc1ccnc(N2CCCCC2(C)C(=O)O)n1. The van der Waals surface area contributed by atoms with E-state index in [1.807, 2.05) is 17.9 Å². The summed E-state index contributed by atoms with van der Waals surface area (Å²) >= 11 is 0. The minimum atomic E-state index is -0.883. The van der Waals surface area contributed by atoms with E-state index in [4.69, 9.17) is 0 Å². The Bertz CT molecular complexity index is 436. The number of aromatic nitrogens is 2.